The van der Waals surface area contributed by atoms with E-state index in [4.69, 9.17) is 0 Å². The predicted molar refractivity (Wildman–Crippen MR) is 91.3 cm³/mol. The largest absolute Gasteiger partial charge is 0.478 e. The third-order valence-corrected chi connectivity index (χ3v) is 3.75. The number of aromatic nitrogens is 4. The van der Waals surface area contributed by atoms with E-state index in [1.54, 1.807) is 0 Å². The third kappa shape index (κ3) is 4.62. The van der Waals surface area contributed by atoms with Crippen molar-refractivity contribution in [3.63, 3.8) is 0 Å². The minimum absolute atomic E-state index is 0.0478. The molecule has 0 amide bonds. The number of hydrogen-bond acceptors (Lipinski definition) is 4. The van der Waals surface area contributed by atoms with Gasteiger partial charge in [-0.2, -0.15) is 13.2 Å². The van der Waals surface area contributed by atoms with Crippen LogP contribution in [-0.2, 0) is 17.6 Å². The van der Waals surface area contributed by atoms with Gasteiger partial charge in [0.25, 0.3) is 0 Å². The van der Waals surface area contributed by atoms with E-state index in [2.05, 4.69) is 15.1 Å². The number of benzene rings is 1. The van der Waals surface area contributed by atoms with Crippen LogP contribution in [0.2, 0.25) is 0 Å². The Labute approximate surface area is 160 Å². The minimum Gasteiger partial charge on any atom is -0.478 e. The zero-order valence-corrected chi connectivity index (χ0v) is 14.4. The van der Waals surface area contributed by atoms with Crippen LogP contribution in [0.25, 0.3) is 23.2 Å². The van der Waals surface area contributed by atoms with Crippen molar-refractivity contribution < 1.29 is 31.9 Å². The summed E-state index contributed by atoms with van der Waals surface area (Å²) in [7, 11) is 0. The van der Waals surface area contributed by atoms with E-state index < -0.39 is 30.2 Å². The average molecular weight is 410 g/mol. The second kappa shape index (κ2) is 7.78. The second-order valence-electron chi connectivity index (χ2n) is 5.84. The number of hydrogen-bond donors (Lipinski definition) is 1. The fourth-order valence-corrected chi connectivity index (χ4v) is 2.48. The molecule has 3 aromatic rings. The maximum atomic E-state index is 13.3. The smallest absolute Gasteiger partial charge is 0.416 e. The van der Waals surface area contributed by atoms with E-state index in [0.29, 0.717) is 6.07 Å². The first-order valence-corrected chi connectivity index (χ1v) is 7.92. The summed E-state index contributed by atoms with van der Waals surface area (Å²) in [5, 5.41) is 13.3. The minimum atomic E-state index is -4.69. The van der Waals surface area contributed by atoms with Crippen molar-refractivity contribution >= 4 is 17.7 Å². The molecule has 0 saturated heterocycles. The molecular formula is C18H11F5N4O2. The van der Waals surface area contributed by atoms with Gasteiger partial charge >= 0.3 is 12.1 Å². The zero-order chi connectivity index (χ0) is 21.2. The Morgan fingerprint density at radius 2 is 1.93 bits per heavy atom. The zero-order valence-electron chi connectivity index (χ0n) is 14.4. The molecule has 0 unspecified atom stereocenters. The van der Waals surface area contributed by atoms with Crippen LogP contribution >= 0.6 is 0 Å². The van der Waals surface area contributed by atoms with Crippen molar-refractivity contribution in [3.05, 3.63) is 65.5 Å². The van der Waals surface area contributed by atoms with Crippen LogP contribution in [0.4, 0.5) is 22.0 Å². The van der Waals surface area contributed by atoms with Gasteiger partial charge in [-0.3, -0.25) is 4.98 Å². The van der Waals surface area contributed by atoms with E-state index in [1.807, 2.05) is 0 Å². The maximum Gasteiger partial charge on any atom is 0.416 e. The lowest BCUT2D eigenvalue weighted by atomic mass is 10.1. The molecule has 0 aliphatic carbocycles. The number of pyridine rings is 1. The molecule has 0 saturated carbocycles. The van der Waals surface area contributed by atoms with Crippen molar-refractivity contribution in [2.24, 2.45) is 0 Å². The van der Waals surface area contributed by atoms with Gasteiger partial charge in [0, 0.05) is 23.5 Å². The topological polar surface area (TPSA) is 80.9 Å². The van der Waals surface area contributed by atoms with E-state index >= 15 is 0 Å². The van der Waals surface area contributed by atoms with Crippen LogP contribution < -0.4 is 0 Å². The van der Waals surface area contributed by atoms with E-state index in [9.17, 15) is 31.9 Å². The molecule has 1 N–H and O–H groups in total. The van der Waals surface area contributed by atoms with Crippen LogP contribution in [0.15, 0.2) is 43.0 Å². The summed E-state index contributed by atoms with van der Waals surface area (Å²) in [5.74, 6) is -2.34. The Morgan fingerprint density at radius 1 is 1.17 bits per heavy atom. The summed E-state index contributed by atoms with van der Waals surface area (Å²) >= 11 is 0. The van der Waals surface area contributed by atoms with Gasteiger partial charge in [0.2, 0.25) is 0 Å². The van der Waals surface area contributed by atoms with Crippen molar-refractivity contribution in [3.8, 4) is 11.4 Å². The number of halogens is 5. The fraction of sp³-hybridized carbons (Fsp3) is 0.111. The molecule has 150 valence electrons. The number of aliphatic carboxylic acids is 1. The molecule has 0 fully saturated rings. The molecular weight excluding hydrogens is 399 g/mol. The van der Waals surface area contributed by atoms with Crippen LogP contribution in [-0.4, -0.2) is 30.8 Å². The molecule has 29 heavy (non-hydrogen) atoms. The Morgan fingerprint density at radius 3 is 2.55 bits per heavy atom. The van der Waals surface area contributed by atoms with Gasteiger partial charge in [-0.1, -0.05) is 0 Å². The van der Waals surface area contributed by atoms with Crippen LogP contribution in [0, 0.1) is 5.82 Å². The van der Waals surface area contributed by atoms with Gasteiger partial charge in [0.1, 0.15) is 18.8 Å². The monoisotopic (exact) mass is 410 g/mol. The quantitative estimate of drug-likeness (QED) is 0.507. The van der Waals surface area contributed by atoms with Gasteiger partial charge < -0.3 is 5.11 Å². The summed E-state index contributed by atoms with van der Waals surface area (Å²) in [6.07, 6.45) is -0.615. The van der Waals surface area contributed by atoms with Crippen molar-refractivity contribution in [2.45, 2.75) is 12.9 Å². The molecule has 0 radical (unpaired) electrons. The van der Waals surface area contributed by atoms with Crippen LogP contribution in [0.3, 0.4) is 0 Å². The number of alkyl halides is 4. The molecule has 0 spiro atoms. The Kier molecular flexibility index (Phi) is 5.39. The lowest BCUT2D eigenvalue weighted by Gasteiger charge is -2.09. The molecule has 2 heterocycles. The highest BCUT2D eigenvalue weighted by molar-refractivity contribution is 6.19. The van der Waals surface area contributed by atoms with E-state index in [-0.39, 0.29) is 28.1 Å². The first-order valence-electron chi connectivity index (χ1n) is 7.92. The molecule has 0 bridgehead atoms. The molecule has 1 aromatic carbocycles. The Balaban J connectivity index is 2.02. The average Bonchev–Trinajstić information content (AvgIpc) is 3.13. The standard InChI is InChI=1S/C18H11F5N4O2/c19-5-10-1-11(3-13(2-10)18(21,22)23)16-25-9-27(26-16)8-15(17(28)29)12-4-14(20)7-24-6-12/h1-4,6-9H,5H2,(H,28,29)/b15-8+. The molecule has 3 rings (SSSR count). The first kappa shape index (κ1) is 20.1. The molecule has 6 nitrogen and oxygen atoms in total. The van der Waals surface area contributed by atoms with Crippen molar-refractivity contribution in [1.82, 2.24) is 19.7 Å². The Bertz CT molecular complexity index is 1090. The van der Waals surface area contributed by atoms with Crippen molar-refractivity contribution in [1.29, 1.82) is 0 Å². The fourth-order valence-electron chi connectivity index (χ4n) is 2.48. The molecule has 0 atom stereocenters. The normalized spacial score (nSPS) is 12.2. The number of carboxylic acid groups (broad SMARTS) is 1. The summed E-state index contributed by atoms with van der Waals surface area (Å²) in [4.78, 5) is 18.9. The lowest BCUT2D eigenvalue weighted by molar-refractivity contribution is -0.137. The predicted octanol–water partition coefficient (Wildman–Crippen LogP) is 4.05. The number of rotatable bonds is 5. The van der Waals surface area contributed by atoms with Crippen molar-refractivity contribution in [2.75, 3.05) is 0 Å². The highest BCUT2D eigenvalue weighted by Gasteiger charge is 2.31. The first-order chi connectivity index (χ1) is 13.7. The lowest BCUT2D eigenvalue weighted by Crippen LogP contribution is -2.06. The number of carbonyl (C=O) groups is 1. The third-order valence-electron chi connectivity index (χ3n) is 3.75. The summed E-state index contributed by atoms with van der Waals surface area (Å²) in [6.45, 7) is -1.12. The molecule has 11 heteroatoms. The highest BCUT2D eigenvalue weighted by Crippen LogP contribution is 2.33. The molecule has 0 aliphatic heterocycles. The SMILES string of the molecule is O=C(O)/C(=C/n1cnc(-c2cc(CF)cc(C(F)(F)F)c2)n1)c1cncc(F)c1. The molecule has 0 aliphatic rings. The van der Waals surface area contributed by atoms with Gasteiger partial charge in [-0.25, -0.2) is 23.2 Å². The highest BCUT2D eigenvalue weighted by atomic mass is 19.4. The summed E-state index contributed by atoms with van der Waals surface area (Å²) in [6, 6.07) is 3.55. The number of nitrogens with zero attached hydrogens (tertiary/aromatic N) is 4. The van der Waals surface area contributed by atoms with Gasteiger partial charge in [0.05, 0.1) is 17.3 Å². The van der Waals surface area contributed by atoms with Crippen LogP contribution in [0.5, 0.6) is 0 Å². The maximum absolute atomic E-state index is 13.3. The second-order valence-corrected chi connectivity index (χ2v) is 5.84. The van der Waals surface area contributed by atoms with E-state index in [1.165, 1.54) is 0 Å². The van der Waals surface area contributed by atoms with Gasteiger partial charge in [-0.05, 0) is 29.8 Å². The molecule has 2 aromatic heterocycles. The van der Waals surface area contributed by atoms with E-state index in [0.717, 1.165) is 47.8 Å². The summed E-state index contributed by atoms with van der Waals surface area (Å²) in [5.41, 5.74) is -1.79. The Hall–Kier alpha value is -3.63. The number of carboxylic acids is 1. The van der Waals surface area contributed by atoms with Gasteiger partial charge in [-0.15, -0.1) is 5.10 Å². The van der Waals surface area contributed by atoms with Crippen LogP contribution in [0.1, 0.15) is 16.7 Å². The summed E-state index contributed by atoms with van der Waals surface area (Å²) < 4.78 is 66.2. The van der Waals surface area contributed by atoms with Gasteiger partial charge in [0.15, 0.2) is 5.82 Å².